The molecule has 8 heteroatoms. The molecule has 0 fully saturated rings. The summed E-state index contributed by atoms with van der Waals surface area (Å²) in [6.07, 6.45) is 0. The van der Waals surface area contributed by atoms with Crippen molar-refractivity contribution < 1.29 is 9.90 Å². The number of nitrogens with zero attached hydrogens (tertiary/aromatic N) is 1. The van der Waals surface area contributed by atoms with Gasteiger partial charge in [0.05, 0.1) is 0 Å². The summed E-state index contributed by atoms with van der Waals surface area (Å²) in [4.78, 5) is 13.0. The van der Waals surface area contributed by atoms with E-state index >= 15 is 0 Å². The van der Waals surface area contributed by atoms with E-state index in [1.165, 1.54) is 7.05 Å². The Hall–Kier alpha value is -0.390. The minimum atomic E-state index is -2.17. The molecule has 12 heavy (non-hydrogen) atoms. The van der Waals surface area contributed by atoms with E-state index in [0.717, 1.165) is 0 Å². The van der Waals surface area contributed by atoms with Crippen molar-refractivity contribution in [2.24, 2.45) is 16.5 Å². The molecule has 0 radical (unpaired) electrons. The molecule has 0 saturated carbocycles. The first-order valence-corrected chi connectivity index (χ1v) is 3.63. The van der Waals surface area contributed by atoms with E-state index in [1.54, 1.807) is 0 Å². The Morgan fingerprint density at radius 2 is 1.58 bits per heavy atom. The fourth-order valence-electron chi connectivity index (χ4n) is 0. The number of carboxylic acid groups (broad SMARTS) is 1. The summed E-state index contributed by atoms with van der Waals surface area (Å²) in [5.74, 6) is -1.33. The summed E-state index contributed by atoms with van der Waals surface area (Å²) in [6.45, 7) is 0. The average molecular weight is 236 g/mol. The van der Waals surface area contributed by atoms with Crippen LogP contribution >= 0.6 is 34.8 Å². The smallest absolute Gasteiger partial charge is 0.356 e. The van der Waals surface area contributed by atoms with Crippen molar-refractivity contribution in [3.05, 3.63) is 0 Å². The summed E-state index contributed by atoms with van der Waals surface area (Å²) in [7, 11) is 1.54. The summed E-state index contributed by atoms with van der Waals surface area (Å²) < 4.78 is -2.17. The predicted octanol–water partition coefficient (Wildman–Crippen LogP) is 0.331. The Balaban J connectivity index is 0. The number of carbonyl (C=O) groups is 1. The molecular formula is C4H8Cl3N3O2. The lowest BCUT2D eigenvalue weighted by Crippen LogP contribution is -2.21. The second-order valence-electron chi connectivity index (χ2n) is 1.45. The summed E-state index contributed by atoms with van der Waals surface area (Å²) >= 11 is 14.4. The van der Waals surface area contributed by atoms with Gasteiger partial charge in [-0.3, -0.25) is 4.99 Å². The van der Waals surface area contributed by atoms with E-state index in [2.05, 4.69) is 4.99 Å². The molecule has 0 aromatic rings. The van der Waals surface area contributed by atoms with Gasteiger partial charge in [-0.15, -0.1) is 0 Å². The third-order valence-corrected chi connectivity index (χ3v) is 0.986. The Labute approximate surface area is 84.3 Å². The molecule has 0 spiro atoms. The molecule has 0 bridgehead atoms. The summed E-state index contributed by atoms with van der Waals surface area (Å²) in [6, 6.07) is 0. The van der Waals surface area contributed by atoms with Crippen LogP contribution in [0.3, 0.4) is 0 Å². The zero-order valence-electron chi connectivity index (χ0n) is 6.09. The van der Waals surface area contributed by atoms with E-state index in [-0.39, 0.29) is 5.96 Å². The molecule has 0 atom stereocenters. The minimum absolute atomic E-state index is 0.130. The van der Waals surface area contributed by atoms with Crippen molar-refractivity contribution in [1.29, 1.82) is 0 Å². The molecule has 5 nitrogen and oxygen atoms in total. The van der Waals surface area contributed by atoms with Crippen LogP contribution in [0.2, 0.25) is 0 Å². The molecule has 0 heterocycles. The van der Waals surface area contributed by atoms with Gasteiger partial charge < -0.3 is 16.6 Å². The summed E-state index contributed by atoms with van der Waals surface area (Å²) in [5.41, 5.74) is 9.64. The van der Waals surface area contributed by atoms with Crippen LogP contribution in [0.1, 0.15) is 0 Å². The predicted molar refractivity (Wildman–Crippen MR) is 49.7 cm³/mol. The van der Waals surface area contributed by atoms with Gasteiger partial charge in [-0.25, -0.2) is 4.79 Å². The van der Waals surface area contributed by atoms with Crippen molar-refractivity contribution >= 4 is 46.7 Å². The van der Waals surface area contributed by atoms with Crippen LogP contribution < -0.4 is 11.5 Å². The quantitative estimate of drug-likeness (QED) is 0.320. The van der Waals surface area contributed by atoms with Crippen molar-refractivity contribution in [3.8, 4) is 0 Å². The molecule has 0 aliphatic rings. The maximum atomic E-state index is 9.62. The van der Waals surface area contributed by atoms with Crippen LogP contribution in [0, 0.1) is 0 Å². The Kier molecular flexibility index (Phi) is 7.27. The zero-order valence-corrected chi connectivity index (χ0v) is 8.36. The number of halogens is 3. The number of rotatable bonds is 0. The molecule has 5 N–H and O–H groups in total. The first kappa shape index (κ1) is 14.2. The van der Waals surface area contributed by atoms with Gasteiger partial charge in [-0.2, -0.15) is 0 Å². The third-order valence-electron chi connectivity index (χ3n) is 0.501. The first-order valence-electron chi connectivity index (χ1n) is 2.49. The largest absolute Gasteiger partial charge is 0.478 e. The molecule has 0 aliphatic heterocycles. The van der Waals surface area contributed by atoms with Gasteiger partial charge in [-0.1, -0.05) is 34.8 Å². The number of alkyl halides is 3. The van der Waals surface area contributed by atoms with Crippen molar-refractivity contribution in [2.75, 3.05) is 7.05 Å². The number of aliphatic imine (C=N–C) groups is 1. The van der Waals surface area contributed by atoms with Crippen LogP contribution in [0.4, 0.5) is 0 Å². The maximum absolute atomic E-state index is 9.62. The van der Waals surface area contributed by atoms with Crippen LogP contribution in [-0.4, -0.2) is 27.9 Å². The molecule has 0 amide bonds. The fourth-order valence-corrected chi connectivity index (χ4v) is 0. The van der Waals surface area contributed by atoms with Crippen molar-refractivity contribution in [3.63, 3.8) is 0 Å². The van der Waals surface area contributed by atoms with Crippen molar-refractivity contribution in [2.45, 2.75) is 3.79 Å². The monoisotopic (exact) mass is 235 g/mol. The molecule has 0 rings (SSSR count). The van der Waals surface area contributed by atoms with Crippen LogP contribution in [0.15, 0.2) is 4.99 Å². The number of nitrogens with two attached hydrogens (primary N) is 2. The molecular weight excluding hydrogens is 228 g/mol. The fraction of sp³-hybridized carbons (Fsp3) is 0.500. The maximum Gasteiger partial charge on any atom is 0.356 e. The highest BCUT2D eigenvalue weighted by Crippen LogP contribution is 2.25. The third kappa shape index (κ3) is 12.3. The highest BCUT2D eigenvalue weighted by atomic mass is 35.6. The number of hydrogen-bond donors (Lipinski definition) is 3. The molecule has 0 unspecified atom stereocenters. The van der Waals surface area contributed by atoms with Gasteiger partial charge in [0.1, 0.15) is 0 Å². The van der Waals surface area contributed by atoms with Gasteiger partial charge >= 0.3 is 5.97 Å². The Morgan fingerprint density at radius 3 is 1.58 bits per heavy atom. The topological polar surface area (TPSA) is 102 Å². The standard InChI is InChI=1S/C2HCl3O2.C2H7N3/c3-2(4,5)1(6)7;1-5-2(3)4/h(H,6,7);1H3,(H4,3,4,5). The van der Waals surface area contributed by atoms with E-state index in [1.807, 2.05) is 0 Å². The van der Waals surface area contributed by atoms with Gasteiger partial charge in [0.2, 0.25) is 0 Å². The average Bonchev–Trinajstić information content (AvgIpc) is 1.87. The SMILES string of the molecule is CN=C(N)N.O=C(O)C(Cl)(Cl)Cl. The molecule has 0 saturated heterocycles. The second kappa shape index (κ2) is 6.16. The zero-order chi connectivity index (χ0) is 10.4. The van der Waals surface area contributed by atoms with Gasteiger partial charge in [0.25, 0.3) is 3.79 Å². The second-order valence-corrected chi connectivity index (χ2v) is 3.73. The molecule has 0 aromatic carbocycles. The highest BCUT2D eigenvalue weighted by Gasteiger charge is 2.29. The van der Waals surface area contributed by atoms with E-state index < -0.39 is 9.76 Å². The number of guanidine groups is 1. The molecule has 0 aromatic heterocycles. The lowest BCUT2D eigenvalue weighted by Gasteiger charge is -1.99. The minimum Gasteiger partial charge on any atom is -0.478 e. The Morgan fingerprint density at radius 1 is 1.42 bits per heavy atom. The number of carboxylic acids is 1. The van der Waals surface area contributed by atoms with Gasteiger partial charge in [-0.05, 0) is 0 Å². The van der Waals surface area contributed by atoms with E-state index in [0.29, 0.717) is 0 Å². The highest BCUT2D eigenvalue weighted by molar-refractivity contribution is 6.75. The molecule has 0 aliphatic carbocycles. The number of hydrogen-bond acceptors (Lipinski definition) is 2. The van der Waals surface area contributed by atoms with Crippen molar-refractivity contribution in [1.82, 2.24) is 0 Å². The van der Waals surface area contributed by atoms with E-state index in [9.17, 15) is 4.79 Å². The normalized spacial score (nSPS) is 9.33. The van der Waals surface area contributed by atoms with Crippen LogP contribution in [-0.2, 0) is 4.79 Å². The number of aliphatic carboxylic acids is 1. The van der Waals surface area contributed by atoms with Gasteiger partial charge in [0.15, 0.2) is 5.96 Å². The van der Waals surface area contributed by atoms with Crippen LogP contribution in [0.25, 0.3) is 0 Å². The first-order chi connectivity index (χ1) is 5.21. The van der Waals surface area contributed by atoms with Crippen LogP contribution in [0.5, 0.6) is 0 Å². The lowest BCUT2D eigenvalue weighted by atomic mass is 10.8. The molecule has 72 valence electrons. The lowest BCUT2D eigenvalue weighted by molar-refractivity contribution is -0.135. The summed E-state index contributed by atoms with van der Waals surface area (Å²) in [5, 5.41) is 7.85. The van der Waals surface area contributed by atoms with E-state index in [4.69, 9.17) is 51.4 Å². The van der Waals surface area contributed by atoms with Gasteiger partial charge in [0, 0.05) is 7.05 Å². The Bertz CT molecular complexity index is 173.